The van der Waals surface area contributed by atoms with Crippen LogP contribution in [0.25, 0.3) is 28.4 Å². The molecule has 0 unspecified atom stereocenters. The second kappa shape index (κ2) is 5.29. The van der Waals surface area contributed by atoms with Gasteiger partial charge in [0.15, 0.2) is 5.43 Å². The summed E-state index contributed by atoms with van der Waals surface area (Å²) in [6.45, 7) is 3.74. The van der Waals surface area contributed by atoms with Gasteiger partial charge in [-0.2, -0.15) is 0 Å². The number of hydrogen-bond donors (Lipinski definition) is 3. The third-order valence-electron chi connectivity index (χ3n) is 4.27. The van der Waals surface area contributed by atoms with E-state index in [4.69, 9.17) is 9.15 Å². The lowest BCUT2D eigenvalue weighted by atomic mass is 9.99. The minimum Gasteiger partial charge on any atom is -0.508 e. The fourth-order valence-corrected chi connectivity index (χ4v) is 3.00. The van der Waals surface area contributed by atoms with Gasteiger partial charge < -0.3 is 24.5 Å². The molecule has 0 amide bonds. The van der Waals surface area contributed by atoms with Crippen LogP contribution >= 0.6 is 0 Å². The maximum absolute atomic E-state index is 12.6. The second-order valence-corrected chi connectivity index (χ2v) is 6.73. The van der Waals surface area contributed by atoms with Crippen molar-refractivity contribution in [3.8, 4) is 34.3 Å². The van der Waals surface area contributed by atoms with Crippen molar-refractivity contribution in [1.29, 1.82) is 0 Å². The molecule has 3 aromatic rings. The van der Waals surface area contributed by atoms with Crippen LogP contribution < -0.4 is 10.2 Å². The van der Waals surface area contributed by atoms with E-state index in [1.165, 1.54) is 18.2 Å². The van der Waals surface area contributed by atoms with Gasteiger partial charge in [0.05, 0.1) is 11.1 Å². The van der Waals surface area contributed by atoms with E-state index >= 15 is 0 Å². The first-order valence-electron chi connectivity index (χ1n) is 7.99. The molecule has 0 radical (unpaired) electrons. The highest BCUT2D eigenvalue weighted by molar-refractivity contribution is 5.91. The van der Waals surface area contributed by atoms with E-state index in [-0.39, 0.29) is 39.5 Å². The minimum atomic E-state index is -0.555. The lowest BCUT2D eigenvalue weighted by Crippen LogP contribution is -2.27. The lowest BCUT2D eigenvalue weighted by molar-refractivity contribution is 0.158. The standard InChI is InChI=1S/C20H16O6/c1-20(2)6-5-12-16(26-20)9-17-18(19(12)24)14(23)8-15(25-17)11-4-3-10(21)7-13(11)22/h3-9,21-22,24H,1-2H3. The number of fused-ring (bicyclic) bond motifs is 2. The van der Waals surface area contributed by atoms with E-state index in [0.717, 1.165) is 6.07 Å². The van der Waals surface area contributed by atoms with Crippen LogP contribution in [0, 0.1) is 0 Å². The second-order valence-electron chi connectivity index (χ2n) is 6.73. The highest BCUT2D eigenvalue weighted by Gasteiger charge is 2.26. The molecule has 0 fully saturated rings. The van der Waals surface area contributed by atoms with Crippen LogP contribution in [0.4, 0.5) is 0 Å². The van der Waals surface area contributed by atoms with Gasteiger partial charge in [-0.1, -0.05) is 0 Å². The van der Waals surface area contributed by atoms with Crippen LogP contribution in [0.2, 0.25) is 0 Å². The van der Waals surface area contributed by atoms with E-state index in [0.29, 0.717) is 11.3 Å². The van der Waals surface area contributed by atoms with Gasteiger partial charge >= 0.3 is 0 Å². The minimum absolute atomic E-state index is 0.0405. The zero-order chi connectivity index (χ0) is 18.6. The van der Waals surface area contributed by atoms with Crippen LogP contribution in [0.5, 0.6) is 23.0 Å². The van der Waals surface area contributed by atoms with Crippen molar-refractivity contribution < 1.29 is 24.5 Å². The molecule has 6 heteroatoms. The van der Waals surface area contributed by atoms with Crippen molar-refractivity contribution in [2.24, 2.45) is 0 Å². The first kappa shape index (κ1) is 16.1. The molecular weight excluding hydrogens is 336 g/mol. The Kier molecular flexibility index (Phi) is 3.27. The Balaban J connectivity index is 1.99. The molecular formula is C20H16O6. The van der Waals surface area contributed by atoms with Gasteiger partial charge in [-0.15, -0.1) is 0 Å². The van der Waals surface area contributed by atoms with Crippen molar-refractivity contribution in [3.63, 3.8) is 0 Å². The van der Waals surface area contributed by atoms with Crippen molar-refractivity contribution in [3.05, 3.63) is 52.2 Å². The van der Waals surface area contributed by atoms with Crippen molar-refractivity contribution in [1.82, 2.24) is 0 Å². The van der Waals surface area contributed by atoms with Gasteiger partial charge in [-0.05, 0) is 38.1 Å². The largest absolute Gasteiger partial charge is 0.508 e. The number of hydrogen-bond acceptors (Lipinski definition) is 6. The quantitative estimate of drug-likeness (QED) is 0.616. The Hall–Kier alpha value is -3.41. The normalized spacial score (nSPS) is 14.8. The van der Waals surface area contributed by atoms with E-state index in [2.05, 4.69) is 0 Å². The summed E-state index contributed by atoms with van der Waals surface area (Å²) in [7, 11) is 0. The molecule has 0 saturated heterocycles. The lowest BCUT2D eigenvalue weighted by Gasteiger charge is -2.28. The average Bonchev–Trinajstić information content (AvgIpc) is 2.53. The summed E-state index contributed by atoms with van der Waals surface area (Å²) in [5, 5.41) is 30.0. The molecule has 0 bridgehead atoms. The molecule has 2 heterocycles. The SMILES string of the molecule is CC1(C)C=Cc2c(cc3oc(-c4ccc(O)cc4O)cc(=O)c3c2O)O1. The van der Waals surface area contributed by atoms with Crippen molar-refractivity contribution in [2.45, 2.75) is 19.4 Å². The van der Waals surface area contributed by atoms with Gasteiger partial charge in [0, 0.05) is 18.2 Å². The summed E-state index contributed by atoms with van der Waals surface area (Å²) in [6.07, 6.45) is 3.51. The maximum atomic E-state index is 12.6. The Labute approximate surface area is 148 Å². The molecule has 3 N–H and O–H groups in total. The summed E-state index contributed by atoms with van der Waals surface area (Å²) >= 11 is 0. The molecule has 1 aliphatic rings. The number of aromatic hydroxyl groups is 3. The average molecular weight is 352 g/mol. The van der Waals surface area contributed by atoms with Crippen LogP contribution in [0.15, 0.2) is 45.6 Å². The zero-order valence-corrected chi connectivity index (χ0v) is 14.1. The molecule has 1 aliphatic heterocycles. The predicted molar refractivity (Wildman–Crippen MR) is 96.7 cm³/mol. The summed E-state index contributed by atoms with van der Waals surface area (Å²) in [5.74, 6) is -0.0271. The highest BCUT2D eigenvalue weighted by atomic mass is 16.5. The number of benzene rings is 2. The van der Waals surface area contributed by atoms with Crippen LogP contribution in [0.3, 0.4) is 0 Å². The van der Waals surface area contributed by atoms with Crippen LogP contribution in [-0.2, 0) is 0 Å². The Bertz CT molecular complexity index is 1140. The highest BCUT2D eigenvalue weighted by Crippen LogP contribution is 2.42. The topological polar surface area (TPSA) is 100 Å². The molecule has 0 aliphatic carbocycles. The van der Waals surface area contributed by atoms with Crippen molar-refractivity contribution in [2.75, 3.05) is 0 Å². The molecule has 4 rings (SSSR count). The third-order valence-corrected chi connectivity index (χ3v) is 4.27. The van der Waals surface area contributed by atoms with Gasteiger partial charge in [-0.25, -0.2) is 0 Å². The Morgan fingerprint density at radius 1 is 1.04 bits per heavy atom. The van der Waals surface area contributed by atoms with Gasteiger partial charge in [0.2, 0.25) is 0 Å². The smallest absolute Gasteiger partial charge is 0.197 e. The van der Waals surface area contributed by atoms with Crippen molar-refractivity contribution >= 4 is 17.0 Å². The predicted octanol–water partition coefficient (Wildman–Crippen LogP) is 3.76. The van der Waals surface area contributed by atoms with Crippen LogP contribution in [0.1, 0.15) is 19.4 Å². The van der Waals surface area contributed by atoms with E-state index in [1.54, 1.807) is 18.2 Å². The van der Waals surface area contributed by atoms with E-state index in [9.17, 15) is 20.1 Å². The molecule has 2 aromatic carbocycles. The third kappa shape index (κ3) is 2.47. The number of phenolic OH excluding ortho intramolecular Hbond substituents is 3. The number of phenols is 3. The molecule has 0 atom stereocenters. The summed E-state index contributed by atoms with van der Waals surface area (Å²) in [4.78, 5) is 12.6. The van der Waals surface area contributed by atoms with E-state index in [1.807, 2.05) is 13.8 Å². The fraction of sp³-hybridized carbons (Fsp3) is 0.150. The summed E-state index contributed by atoms with van der Waals surface area (Å²) in [5.41, 5.74) is -0.195. The molecule has 6 nitrogen and oxygen atoms in total. The first-order valence-corrected chi connectivity index (χ1v) is 7.99. The van der Waals surface area contributed by atoms with Gasteiger partial charge in [0.25, 0.3) is 0 Å². The summed E-state index contributed by atoms with van der Waals surface area (Å²) in [6, 6.07) is 6.71. The Morgan fingerprint density at radius 3 is 2.54 bits per heavy atom. The molecule has 26 heavy (non-hydrogen) atoms. The number of rotatable bonds is 1. The van der Waals surface area contributed by atoms with Gasteiger partial charge in [0.1, 0.15) is 45.3 Å². The fourth-order valence-electron chi connectivity index (χ4n) is 3.00. The molecule has 0 saturated carbocycles. The molecule has 132 valence electrons. The van der Waals surface area contributed by atoms with E-state index < -0.39 is 11.0 Å². The maximum Gasteiger partial charge on any atom is 0.197 e. The Morgan fingerprint density at radius 2 is 1.81 bits per heavy atom. The zero-order valence-electron chi connectivity index (χ0n) is 14.1. The summed E-state index contributed by atoms with van der Waals surface area (Å²) < 4.78 is 11.6. The molecule has 1 aromatic heterocycles. The van der Waals surface area contributed by atoms with Gasteiger partial charge in [-0.3, -0.25) is 4.79 Å². The monoisotopic (exact) mass is 352 g/mol. The number of ether oxygens (including phenoxy) is 1. The van der Waals surface area contributed by atoms with Crippen LogP contribution in [-0.4, -0.2) is 20.9 Å². The molecule has 0 spiro atoms. The first-order chi connectivity index (χ1) is 12.2.